The lowest BCUT2D eigenvalue weighted by atomic mass is 10.2. The number of methoxy groups -OCH3 is 1. The van der Waals surface area contributed by atoms with Gasteiger partial charge in [-0.1, -0.05) is 6.07 Å². The molecule has 1 aliphatic rings. The maximum absolute atomic E-state index is 11.7. The summed E-state index contributed by atoms with van der Waals surface area (Å²) < 4.78 is 5.04. The molecule has 1 aromatic carbocycles. The van der Waals surface area contributed by atoms with Gasteiger partial charge in [-0.05, 0) is 19.1 Å². The Morgan fingerprint density at radius 3 is 2.69 bits per heavy atom. The molecule has 0 spiro atoms. The summed E-state index contributed by atoms with van der Waals surface area (Å²) in [5.74, 6) is 0.357. The lowest BCUT2D eigenvalue weighted by Gasteiger charge is -2.13. The summed E-state index contributed by atoms with van der Waals surface area (Å²) in [6, 6.07) is 5.96. The van der Waals surface area contributed by atoms with Gasteiger partial charge >= 0.3 is 6.03 Å². The lowest BCUT2D eigenvalue weighted by Crippen LogP contribution is -2.30. The van der Waals surface area contributed by atoms with E-state index in [9.17, 15) is 9.59 Å². The first-order chi connectivity index (χ1) is 7.63. The van der Waals surface area contributed by atoms with Gasteiger partial charge in [-0.25, -0.2) is 9.69 Å². The molecule has 1 fully saturated rings. The van der Waals surface area contributed by atoms with E-state index in [-0.39, 0.29) is 5.91 Å². The predicted molar refractivity (Wildman–Crippen MR) is 58.5 cm³/mol. The quantitative estimate of drug-likeness (QED) is 0.760. The number of hydrogen-bond acceptors (Lipinski definition) is 3. The summed E-state index contributed by atoms with van der Waals surface area (Å²) in [6.07, 6.45) is 0. The first kappa shape index (κ1) is 10.5. The van der Waals surface area contributed by atoms with Gasteiger partial charge in [-0.2, -0.15) is 0 Å². The van der Waals surface area contributed by atoms with Crippen LogP contribution in [-0.4, -0.2) is 25.1 Å². The van der Waals surface area contributed by atoms with Crippen molar-refractivity contribution in [3.8, 4) is 5.75 Å². The smallest absolute Gasteiger partial charge is 0.329 e. The second kappa shape index (κ2) is 3.84. The van der Waals surface area contributed by atoms with Crippen LogP contribution in [0, 0.1) is 0 Å². The zero-order valence-corrected chi connectivity index (χ0v) is 9.06. The third kappa shape index (κ3) is 1.60. The highest BCUT2D eigenvalue weighted by molar-refractivity contribution is 6.21. The van der Waals surface area contributed by atoms with Crippen LogP contribution in [0.15, 0.2) is 24.3 Å². The molecule has 16 heavy (non-hydrogen) atoms. The van der Waals surface area contributed by atoms with Gasteiger partial charge in [-0.3, -0.25) is 4.79 Å². The van der Waals surface area contributed by atoms with Crippen LogP contribution in [-0.2, 0) is 4.79 Å². The van der Waals surface area contributed by atoms with Crippen LogP contribution >= 0.6 is 0 Å². The standard InChI is InChI=1S/C11H12N2O3/c1-7-10(14)13(11(15)12-7)8-4-3-5-9(6-8)16-2/h3-7H,1-2H3,(H,12,15)/t7-/m1/s1. The van der Waals surface area contributed by atoms with E-state index in [0.29, 0.717) is 11.4 Å². The van der Waals surface area contributed by atoms with E-state index >= 15 is 0 Å². The molecular formula is C11H12N2O3. The molecule has 0 bridgehead atoms. The monoisotopic (exact) mass is 220 g/mol. The van der Waals surface area contributed by atoms with E-state index in [1.165, 1.54) is 7.11 Å². The molecule has 1 atom stereocenters. The average Bonchev–Trinajstić information content (AvgIpc) is 2.53. The number of nitrogens with zero attached hydrogens (tertiary/aromatic N) is 1. The third-order valence-corrected chi connectivity index (χ3v) is 2.45. The van der Waals surface area contributed by atoms with E-state index in [1.54, 1.807) is 31.2 Å². The molecule has 0 unspecified atom stereocenters. The van der Waals surface area contributed by atoms with Crippen LogP contribution < -0.4 is 15.0 Å². The van der Waals surface area contributed by atoms with Gasteiger partial charge in [0.15, 0.2) is 0 Å². The molecular weight excluding hydrogens is 208 g/mol. The Labute approximate surface area is 93.0 Å². The number of amides is 3. The Bertz CT molecular complexity index is 445. The third-order valence-electron chi connectivity index (χ3n) is 2.45. The summed E-state index contributed by atoms with van der Waals surface area (Å²) in [6.45, 7) is 1.65. The summed E-state index contributed by atoms with van der Waals surface area (Å²) in [4.78, 5) is 24.4. The molecule has 5 heteroatoms. The number of hydrogen-bond donors (Lipinski definition) is 1. The van der Waals surface area contributed by atoms with Gasteiger partial charge in [0, 0.05) is 6.07 Å². The number of urea groups is 1. The summed E-state index contributed by atoms with van der Waals surface area (Å²) in [5, 5.41) is 2.55. The Kier molecular flexibility index (Phi) is 2.52. The molecule has 0 aromatic heterocycles. The highest BCUT2D eigenvalue weighted by Gasteiger charge is 2.36. The van der Waals surface area contributed by atoms with Gasteiger partial charge < -0.3 is 10.1 Å². The molecule has 0 saturated carbocycles. The number of nitrogens with one attached hydrogen (secondary N) is 1. The van der Waals surface area contributed by atoms with Crippen molar-refractivity contribution in [3.63, 3.8) is 0 Å². The largest absolute Gasteiger partial charge is 0.497 e. The van der Waals surface area contributed by atoms with Crippen LogP contribution in [0.4, 0.5) is 10.5 Å². The number of rotatable bonds is 2. The highest BCUT2D eigenvalue weighted by atomic mass is 16.5. The van der Waals surface area contributed by atoms with Gasteiger partial charge in [0.1, 0.15) is 11.8 Å². The van der Waals surface area contributed by atoms with Crippen LogP contribution in [0.3, 0.4) is 0 Å². The average molecular weight is 220 g/mol. The molecule has 0 aliphatic carbocycles. The Balaban J connectivity index is 2.36. The minimum atomic E-state index is -0.473. The van der Waals surface area contributed by atoms with E-state index < -0.39 is 12.1 Å². The summed E-state index contributed by atoms with van der Waals surface area (Å²) in [7, 11) is 1.54. The van der Waals surface area contributed by atoms with Crippen molar-refractivity contribution in [1.29, 1.82) is 0 Å². The zero-order valence-electron chi connectivity index (χ0n) is 9.06. The van der Waals surface area contributed by atoms with Gasteiger partial charge in [0.2, 0.25) is 0 Å². The number of benzene rings is 1. The second-order valence-electron chi connectivity index (χ2n) is 3.55. The minimum Gasteiger partial charge on any atom is -0.497 e. The first-order valence-electron chi connectivity index (χ1n) is 4.92. The predicted octanol–water partition coefficient (Wildman–Crippen LogP) is 1.14. The van der Waals surface area contributed by atoms with Crippen LogP contribution in [0.5, 0.6) is 5.75 Å². The zero-order chi connectivity index (χ0) is 11.7. The molecule has 1 aliphatic heterocycles. The number of imide groups is 1. The first-order valence-corrected chi connectivity index (χ1v) is 4.92. The number of anilines is 1. The van der Waals surface area contributed by atoms with Crippen molar-refractivity contribution < 1.29 is 14.3 Å². The maximum atomic E-state index is 11.7. The van der Waals surface area contributed by atoms with Crippen LogP contribution in [0.25, 0.3) is 0 Å². The Hall–Kier alpha value is -2.04. The summed E-state index contributed by atoms with van der Waals surface area (Å²) in [5.41, 5.74) is 0.520. The SMILES string of the molecule is COc1cccc(N2C(=O)N[C@H](C)C2=O)c1. The molecule has 1 heterocycles. The molecule has 1 N–H and O–H groups in total. The van der Waals surface area contributed by atoms with Gasteiger partial charge in [0.25, 0.3) is 5.91 Å². The van der Waals surface area contributed by atoms with Crippen molar-refractivity contribution in [2.45, 2.75) is 13.0 Å². The number of carbonyl (C=O) groups excluding carboxylic acids is 2. The van der Waals surface area contributed by atoms with Gasteiger partial charge in [0.05, 0.1) is 12.8 Å². The van der Waals surface area contributed by atoms with Crippen molar-refractivity contribution in [2.75, 3.05) is 12.0 Å². The molecule has 2 rings (SSSR count). The second-order valence-corrected chi connectivity index (χ2v) is 3.55. The number of ether oxygens (including phenoxy) is 1. The molecule has 3 amide bonds. The fraction of sp³-hybridized carbons (Fsp3) is 0.273. The van der Waals surface area contributed by atoms with E-state index in [2.05, 4.69) is 5.32 Å². The van der Waals surface area contributed by atoms with E-state index in [1.807, 2.05) is 0 Å². The molecule has 5 nitrogen and oxygen atoms in total. The van der Waals surface area contributed by atoms with Crippen molar-refractivity contribution in [1.82, 2.24) is 5.32 Å². The number of carbonyl (C=O) groups is 2. The Morgan fingerprint density at radius 2 is 2.12 bits per heavy atom. The lowest BCUT2D eigenvalue weighted by molar-refractivity contribution is -0.117. The normalized spacial score (nSPS) is 19.9. The Morgan fingerprint density at radius 1 is 1.38 bits per heavy atom. The molecule has 1 aromatic rings. The fourth-order valence-corrected chi connectivity index (χ4v) is 1.60. The maximum Gasteiger partial charge on any atom is 0.329 e. The van der Waals surface area contributed by atoms with Crippen molar-refractivity contribution >= 4 is 17.6 Å². The van der Waals surface area contributed by atoms with Crippen LogP contribution in [0.2, 0.25) is 0 Å². The van der Waals surface area contributed by atoms with Crippen molar-refractivity contribution in [2.24, 2.45) is 0 Å². The van der Waals surface area contributed by atoms with E-state index in [0.717, 1.165) is 4.90 Å². The highest BCUT2D eigenvalue weighted by Crippen LogP contribution is 2.23. The molecule has 84 valence electrons. The fourth-order valence-electron chi connectivity index (χ4n) is 1.60. The molecule has 1 saturated heterocycles. The van der Waals surface area contributed by atoms with E-state index in [4.69, 9.17) is 4.74 Å². The van der Waals surface area contributed by atoms with Gasteiger partial charge in [-0.15, -0.1) is 0 Å². The summed E-state index contributed by atoms with van der Waals surface area (Å²) >= 11 is 0. The minimum absolute atomic E-state index is 0.252. The topological polar surface area (TPSA) is 58.6 Å². The molecule has 0 radical (unpaired) electrons. The van der Waals surface area contributed by atoms with Crippen molar-refractivity contribution in [3.05, 3.63) is 24.3 Å². The van der Waals surface area contributed by atoms with Crippen LogP contribution in [0.1, 0.15) is 6.92 Å².